The molecule has 3 nitrogen and oxygen atoms in total. The van der Waals surface area contributed by atoms with Crippen LogP contribution in [-0.4, -0.2) is 37.1 Å². The Morgan fingerprint density at radius 2 is 2.09 bits per heavy atom. The lowest BCUT2D eigenvalue weighted by atomic mass is 10.2. The minimum atomic E-state index is -0.0805. The number of carbonyl (C=O) groups is 1. The molecule has 0 bridgehead atoms. The maximum absolute atomic E-state index is 11.0. The minimum Gasteiger partial charge on any atom is -0.459 e. The number of rotatable bonds is 2. The van der Waals surface area contributed by atoms with Gasteiger partial charge in [-0.05, 0) is 7.05 Å². The first-order chi connectivity index (χ1) is 5.09. The summed E-state index contributed by atoms with van der Waals surface area (Å²) in [6.07, 6.45) is 0.148. The van der Waals surface area contributed by atoms with Gasteiger partial charge >= 0.3 is 5.97 Å². The molecule has 0 radical (unpaired) electrons. The van der Waals surface area contributed by atoms with Gasteiger partial charge in [-0.2, -0.15) is 0 Å². The van der Waals surface area contributed by atoms with Crippen LogP contribution in [0.3, 0.4) is 0 Å². The molecule has 1 rings (SSSR count). The Bertz CT molecular complexity index is 150. The van der Waals surface area contributed by atoms with Crippen LogP contribution in [0.2, 0.25) is 0 Å². The topological polar surface area (TPSA) is 29.5 Å². The highest BCUT2D eigenvalue weighted by Gasteiger charge is 2.27. The van der Waals surface area contributed by atoms with Gasteiger partial charge in [-0.1, -0.05) is 13.8 Å². The molecule has 0 aliphatic carbocycles. The normalized spacial score (nSPS) is 20.0. The molecule has 0 atom stereocenters. The molecule has 0 spiro atoms. The third-order valence-electron chi connectivity index (χ3n) is 1.78. The van der Waals surface area contributed by atoms with E-state index in [9.17, 15) is 4.79 Å². The standard InChI is InChI=1S/C8H15NO2/c1-6(2)8(10)11-7-4-9(3)5-7/h6-7H,4-5H2,1-3H3. The second kappa shape index (κ2) is 3.22. The van der Waals surface area contributed by atoms with Crippen LogP contribution in [0.1, 0.15) is 13.8 Å². The van der Waals surface area contributed by atoms with Crippen molar-refractivity contribution in [2.75, 3.05) is 20.1 Å². The van der Waals surface area contributed by atoms with Gasteiger partial charge in [0.05, 0.1) is 5.92 Å². The fourth-order valence-corrected chi connectivity index (χ4v) is 1.02. The first-order valence-corrected chi connectivity index (χ1v) is 3.98. The largest absolute Gasteiger partial charge is 0.459 e. The molecule has 0 saturated carbocycles. The fourth-order valence-electron chi connectivity index (χ4n) is 1.02. The average molecular weight is 157 g/mol. The molecular formula is C8H15NO2. The number of esters is 1. The predicted octanol–water partition coefficient (Wildman–Crippen LogP) is 0.500. The van der Waals surface area contributed by atoms with Gasteiger partial charge < -0.3 is 4.74 Å². The number of carbonyl (C=O) groups excluding carboxylic acids is 1. The summed E-state index contributed by atoms with van der Waals surface area (Å²) in [6, 6.07) is 0. The number of nitrogens with zero attached hydrogens (tertiary/aromatic N) is 1. The number of ether oxygens (including phenoxy) is 1. The first-order valence-electron chi connectivity index (χ1n) is 3.98. The zero-order valence-corrected chi connectivity index (χ0v) is 7.33. The van der Waals surface area contributed by atoms with E-state index >= 15 is 0 Å². The van der Waals surface area contributed by atoms with Crippen molar-refractivity contribution >= 4 is 5.97 Å². The molecule has 0 aromatic heterocycles. The second-order valence-corrected chi connectivity index (χ2v) is 3.43. The molecule has 0 N–H and O–H groups in total. The summed E-state index contributed by atoms with van der Waals surface area (Å²) >= 11 is 0. The summed E-state index contributed by atoms with van der Waals surface area (Å²) in [5.41, 5.74) is 0. The van der Waals surface area contributed by atoms with Crippen molar-refractivity contribution in [2.45, 2.75) is 20.0 Å². The smallest absolute Gasteiger partial charge is 0.308 e. The highest BCUT2D eigenvalue weighted by Crippen LogP contribution is 2.10. The Kier molecular flexibility index (Phi) is 2.49. The summed E-state index contributed by atoms with van der Waals surface area (Å²) < 4.78 is 5.14. The van der Waals surface area contributed by atoms with Gasteiger partial charge in [0.1, 0.15) is 6.10 Å². The van der Waals surface area contributed by atoms with E-state index < -0.39 is 0 Å². The van der Waals surface area contributed by atoms with Crippen molar-refractivity contribution < 1.29 is 9.53 Å². The van der Waals surface area contributed by atoms with Gasteiger partial charge in [-0.25, -0.2) is 0 Å². The second-order valence-electron chi connectivity index (χ2n) is 3.43. The summed E-state index contributed by atoms with van der Waals surface area (Å²) in [7, 11) is 2.01. The fraction of sp³-hybridized carbons (Fsp3) is 0.875. The Labute approximate surface area is 67.3 Å². The van der Waals surface area contributed by atoms with Crippen LogP contribution >= 0.6 is 0 Å². The maximum atomic E-state index is 11.0. The Hall–Kier alpha value is -0.570. The Morgan fingerprint density at radius 3 is 2.45 bits per heavy atom. The molecule has 0 aromatic rings. The lowest BCUT2D eigenvalue weighted by Crippen LogP contribution is -2.50. The quantitative estimate of drug-likeness (QED) is 0.547. The van der Waals surface area contributed by atoms with Crippen LogP contribution in [0.15, 0.2) is 0 Å². The molecule has 1 heterocycles. The summed E-state index contributed by atoms with van der Waals surface area (Å²) in [4.78, 5) is 13.1. The Balaban J connectivity index is 2.17. The molecule has 64 valence electrons. The van der Waals surface area contributed by atoms with Crippen molar-refractivity contribution in [3.63, 3.8) is 0 Å². The molecule has 0 amide bonds. The highest BCUT2D eigenvalue weighted by molar-refractivity contribution is 5.71. The highest BCUT2D eigenvalue weighted by atomic mass is 16.5. The molecule has 1 aliphatic heterocycles. The van der Waals surface area contributed by atoms with Gasteiger partial charge in [0, 0.05) is 13.1 Å². The van der Waals surface area contributed by atoms with E-state index in [2.05, 4.69) is 4.90 Å². The van der Waals surface area contributed by atoms with E-state index in [1.54, 1.807) is 0 Å². The van der Waals surface area contributed by atoms with E-state index in [0.29, 0.717) is 0 Å². The van der Waals surface area contributed by atoms with Gasteiger partial charge in [-0.15, -0.1) is 0 Å². The van der Waals surface area contributed by atoms with Gasteiger partial charge in [0.15, 0.2) is 0 Å². The SMILES string of the molecule is CC(C)C(=O)OC1CN(C)C1. The Morgan fingerprint density at radius 1 is 1.55 bits per heavy atom. The van der Waals surface area contributed by atoms with E-state index in [1.807, 2.05) is 20.9 Å². The van der Waals surface area contributed by atoms with Crippen LogP contribution in [0.25, 0.3) is 0 Å². The van der Waals surface area contributed by atoms with Crippen LogP contribution in [-0.2, 0) is 9.53 Å². The minimum absolute atomic E-state index is 0.000839. The average Bonchev–Trinajstić information content (AvgIpc) is 1.84. The molecule has 0 unspecified atom stereocenters. The number of hydrogen-bond acceptors (Lipinski definition) is 3. The van der Waals surface area contributed by atoms with E-state index in [0.717, 1.165) is 13.1 Å². The summed E-state index contributed by atoms with van der Waals surface area (Å²) in [5, 5.41) is 0. The molecule has 3 heteroatoms. The maximum Gasteiger partial charge on any atom is 0.308 e. The lowest BCUT2D eigenvalue weighted by molar-refractivity contribution is -0.160. The van der Waals surface area contributed by atoms with Crippen LogP contribution < -0.4 is 0 Å². The van der Waals surface area contributed by atoms with Crippen molar-refractivity contribution in [3.8, 4) is 0 Å². The third kappa shape index (κ3) is 2.19. The van der Waals surface area contributed by atoms with Gasteiger partial charge in [0.25, 0.3) is 0 Å². The van der Waals surface area contributed by atoms with Crippen LogP contribution in [0, 0.1) is 5.92 Å². The molecule has 1 saturated heterocycles. The number of hydrogen-bond donors (Lipinski definition) is 0. The van der Waals surface area contributed by atoms with E-state index in [-0.39, 0.29) is 18.0 Å². The third-order valence-corrected chi connectivity index (χ3v) is 1.78. The molecule has 1 aliphatic rings. The van der Waals surface area contributed by atoms with E-state index in [1.165, 1.54) is 0 Å². The zero-order chi connectivity index (χ0) is 8.43. The molecule has 11 heavy (non-hydrogen) atoms. The molecular weight excluding hydrogens is 142 g/mol. The summed E-state index contributed by atoms with van der Waals surface area (Å²) in [6.45, 7) is 5.48. The van der Waals surface area contributed by atoms with Crippen LogP contribution in [0.5, 0.6) is 0 Å². The first kappa shape index (κ1) is 8.53. The number of likely N-dealkylation sites (N-methyl/N-ethyl adjacent to an activating group) is 1. The predicted molar refractivity (Wildman–Crippen MR) is 42.2 cm³/mol. The monoisotopic (exact) mass is 157 g/mol. The summed E-state index contributed by atoms with van der Waals surface area (Å²) in [5.74, 6) is -0.0796. The van der Waals surface area contributed by atoms with Crippen molar-refractivity contribution in [1.29, 1.82) is 0 Å². The molecule has 1 fully saturated rings. The van der Waals surface area contributed by atoms with Crippen molar-refractivity contribution in [1.82, 2.24) is 4.90 Å². The van der Waals surface area contributed by atoms with Gasteiger partial charge in [-0.3, -0.25) is 9.69 Å². The lowest BCUT2D eigenvalue weighted by Gasteiger charge is -2.35. The van der Waals surface area contributed by atoms with Crippen molar-refractivity contribution in [3.05, 3.63) is 0 Å². The molecule has 0 aromatic carbocycles. The van der Waals surface area contributed by atoms with Crippen molar-refractivity contribution in [2.24, 2.45) is 5.92 Å². The van der Waals surface area contributed by atoms with E-state index in [4.69, 9.17) is 4.74 Å². The van der Waals surface area contributed by atoms with Gasteiger partial charge in [0.2, 0.25) is 0 Å². The van der Waals surface area contributed by atoms with Crippen LogP contribution in [0.4, 0.5) is 0 Å². The zero-order valence-electron chi connectivity index (χ0n) is 7.33. The number of likely N-dealkylation sites (tertiary alicyclic amines) is 1.